The number of hydrogen-bond donors (Lipinski definition) is 0. The van der Waals surface area contributed by atoms with Crippen molar-refractivity contribution in [1.29, 1.82) is 5.26 Å². The molecule has 0 N–H and O–H groups in total. The Labute approximate surface area is 174 Å². The van der Waals surface area contributed by atoms with Crippen LogP contribution >= 0.6 is 23.2 Å². The van der Waals surface area contributed by atoms with E-state index in [2.05, 4.69) is 12.6 Å². The second-order valence-corrected chi connectivity index (χ2v) is 7.54. The molecule has 6 heteroatoms. The monoisotopic (exact) mass is 414 g/mol. The molecular formula is C22H20Cl2N2O2. The first kappa shape index (κ1) is 20.4. The minimum Gasteiger partial charge on any atom is -0.358 e. The molecule has 0 bridgehead atoms. The summed E-state index contributed by atoms with van der Waals surface area (Å²) in [5.41, 5.74) is 1.67. The van der Waals surface area contributed by atoms with E-state index >= 15 is 0 Å². The third kappa shape index (κ3) is 4.07. The maximum absolute atomic E-state index is 13.2. The fourth-order valence-corrected chi connectivity index (χ4v) is 3.83. The molecule has 0 saturated carbocycles. The van der Waals surface area contributed by atoms with Gasteiger partial charge in [0.1, 0.15) is 18.2 Å². The Hall–Kier alpha value is -2.32. The van der Waals surface area contributed by atoms with Crippen LogP contribution < -0.4 is 0 Å². The van der Waals surface area contributed by atoms with Gasteiger partial charge in [-0.1, -0.05) is 53.5 Å². The first-order valence-corrected chi connectivity index (χ1v) is 9.71. The van der Waals surface area contributed by atoms with Gasteiger partial charge in [-0.25, -0.2) is 0 Å². The molecule has 0 radical (unpaired) electrons. The van der Waals surface area contributed by atoms with Gasteiger partial charge in [-0.3, -0.25) is 4.79 Å². The van der Waals surface area contributed by atoms with Gasteiger partial charge in [0.25, 0.3) is 5.91 Å². The molecule has 1 heterocycles. The molecule has 144 valence electrons. The fraction of sp³-hybridized carbons (Fsp3) is 0.273. The topological polar surface area (TPSA) is 53.3 Å². The third-order valence-electron chi connectivity index (χ3n) is 4.80. The van der Waals surface area contributed by atoms with E-state index in [4.69, 9.17) is 27.9 Å². The van der Waals surface area contributed by atoms with E-state index in [9.17, 15) is 10.1 Å². The van der Waals surface area contributed by atoms with Crippen molar-refractivity contribution in [2.24, 2.45) is 0 Å². The van der Waals surface area contributed by atoms with E-state index in [0.717, 1.165) is 11.1 Å². The molecule has 3 rings (SSSR count). The average molecular weight is 415 g/mol. The number of hydrogen-bond acceptors (Lipinski definition) is 3. The molecule has 0 spiro atoms. The Morgan fingerprint density at radius 3 is 2.54 bits per heavy atom. The van der Waals surface area contributed by atoms with Gasteiger partial charge in [0.05, 0.1) is 12.1 Å². The van der Waals surface area contributed by atoms with E-state index in [1.807, 2.05) is 30.3 Å². The van der Waals surface area contributed by atoms with Gasteiger partial charge in [-0.15, -0.1) is 6.58 Å². The van der Waals surface area contributed by atoms with Crippen LogP contribution in [0.15, 0.2) is 61.2 Å². The molecule has 28 heavy (non-hydrogen) atoms. The van der Waals surface area contributed by atoms with Gasteiger partial charge in [-0.05, 0) is 42.3 Å². The Morgan fingerprint density at radius 2 is 1.93 bits per heavy atom. The lowest BCUT2D eigenvalue weighted by Crippen LogP contribution is -2.53. The Bertz CT molecular complexity index is 907. The normalized spacial score (nSPS) is 23.1. The molecule has 1 fully saturated rings. The van der Waals surface area contributed by atoms with Gasteiger partial charge in [0.2, 0.25) is 0 Å². The van der Waals surface area contributed by atoms with Crippen LogP contribution in [0.4, 0.5) is 0 Å². The first-order valence-electron chi connectivity index (χ1n) is 8.95. The molecule has 1 amide bonds. The van der Waals surface area contributed by atoms with Crippen molar-refractivity contribution >= 4 is 29.1 Å². The van der Waals surface area contributed by atoms with Crippen molar-refractivity contribution in [2.75, 3.05) is 0 Å². The predicted molar refractivity (Wildman–Crippen MR) is 110 cm³/mol. The van der Waals surface area contributed by atoms with Gasteiger partial charge in [0.15, 0.2) is 0 Å². The number of benzene rings is 2. The summed E-state index contributed by atoms with van der Waals surface area (Å²) in [6, 6.07) is 15.7. The van der Waals surface area contributed by atoms with E-state index in [1.165, 1.54) is 0 Å². The maximum Gasteiger partial charge on any atom is 0.253 e. The van der Waals surface area contributed by atoms with Crippen molar-refractivity contribution in [1.82, 2.24) is 4.90 Å². The van der Waals surface area contributed by atoms with Gasteiger partial charge >= 0.3 is 0 Å². The standard InChI is InChI=1S/C22H20Cl2N2O2/c1-3-5-19-22(27)26(14(2)13-25)20(15-8-10-17(23)11-9-15)21(28-19)16-6-4-7-18(24)12-16/h3-4,6-12,14,19-21H,1,5H2,2H3/t14-,19-,20+,21-/m1/s1. The molecule has 2 aromatic carbocycles. The molecule has 1 aliphatic rings. The smallest absolute Gasteiger partial charge is 0.253 e. The number of nitrogens with zero attached hydrogens (tertiary/aromatic N) is 2. The second-order valence-electron chi connectivity index (χ2n) is 6.67. The molecule has 2 aromatic rings. The zero-order valence-electron chi connectivity index (χ0n) is 15.4. The SMILES string of the molecule is C=CC[C@H]1O[C@H](c2cccc(Cl)c2)[C@H](c2ccc(Cl)cc2)N([C@H](C)C#N)C1=O. The van der Waals surface area contributed by atoms with Crippen LogP contribution in [0.3, 0.4) is 0 Å². The number of ether oxygens (including phenoxy) is 1. The summed E-state index contributed by atoms with van der Waals surface area (Å²) >= 11 is 12.3. The highest BCUT2D eigenvalue weighted by Gasteiger charge is 2.45. The Kier molecular flexibility index (Phi) is 6.41. The number of nitriles is 1. The number of carbonyl (C=O) groups is 1. The van der Waals surface area contributed by atoms with Crippen LogP contribution in [0.5, 0.6) is 0 Å². The molecule has 4 nitrogen and oxygen atoms in total. The number of morpholine rings is 1. The summed E-state index contributed by atoms with van der Waals surface area (Å²) in [7, 11) is 0. The summed E-state index contributed by atoms with van der Waals surface area (Å²) in [5.74, 6) is -0.229. The highest BCUT2D eigenvalue weighted by molar-refractivity contribution is 6.30. The summed E-state index contributed by atoms with van der Waals surface area (Å²) in [6.45, 7) is 5.44. The van der Waals surface area contributed by atoms with E-state index in [1.54, 1.807) is 36.1 Å². The van der Waals surface area contributed by atoms with Crippen LogP contribution in [0.2, 0.25) is 10.0 Å². The lowest BCUT2D eigenvalue weighted by Gasteiger charge is -2.45. The lowest BCUT2D eigenvalue weighted by atomic mass is 9.90. The highest BCUT2D eigenvalue weighted by Crippen LogP contribution is 2.44. The molecule has 0 aliphatic carbocycles. The fourth-order valence-electron chi connectivity index (χ4n) is 3.50. The van der Waals surface area contributed by atoms with Crippen molar-refractivity contribution in [3.63, 3.8) is 0 Å². The van der Waals surface area contributed by atoms with Crippen molar-refractivity contribution in [3.8, 4) is 6.07 Å². The van der Waals surface area contributed by atoms with E-state index in [0.29, 0.717) is 16.5 Å². The summed E-state index contributed by atoms with van der Waals surface area (Å²) in [4.78, 5) is 14.8. The largest absolute Gasteiger partial charge is 0.358 e. The van der Waals surface area contributed by atoms with Crippen LogP contribution in [0.1, 0.15) is 36.6 Å². The summed E-state index contributed by atoms with van der Waals surface area (Å²) in [6.07, 6.45) is 0.812. The van der Waals surface area contributed by atoms with Crippen LogP contribution in [0, 0.1) is 11.3 Å². The predicted octanol–water partition coefficient (Wildman–Crippen LogP) is 5.49. The van der Waals surface area contributed by atoms with Gasteiger partial charge in [-0.2, -0.15) is 5.26 Å². The Balaban J connectivity index is 2.16. The highest BCUT2D eigenvalue weighted by atomic mass is 35.5. The minimum absolute atomic E-state index is 0.229. The summed E-state index contributed by atoms with van der Waals surface area (Å²) < 4.78 is 6.24. The van der Waals surface area contributed by atoms with Gasteiger partial charge in [0, 0.05) is 16.5 Å². The molecule has 1 saturated heterocycles. The lowest BCUT2D eigenvalue weighted by molar-refractivity contribution is -0.176. The first-order chi connectivity index (χ1) is 13.5. The maximum atomic E-state index is 13.2. The molecule has 4 atom stereocenters. The van der Waals surface area contributed by atoms with E-state index in [-0.39, 0.29) is 5.91 Å². The van der Waals surface area contributed by atoms with Crippen LogP contribution in [-0.2, 0) is 9.53 Å². The number of amides is 1. The molecule has 1 aliphatic heterocycles. The second kappa shape index (κ2) is 8.79. The van der Waals surface area contributed by atoms with Crippen LogP contribution in [-0.4, -0.2) is 23.0 Å². The van der Waals surface area contributed by atoms with Crippen molar-refractivity contribution in [3.05, 3.63) is 82.4 Å². The molecular weight excluding hydrogens is 395 g/mol. The zero-order chi connectivity index (χ0) is 20.3. The Morgan fingerprint density at radius 1 is 1.21 bits per heavy atom. The van der Waals surface area contributed by atoms with Crippen LogP contribution in [0.25, 0.3) is 0 Å². The zero-order valence-corrected chi connectivity index (χ0v) is 16.9. The number of halogens is 2. The summed E-state index contributed by atoms with van der Waals surface area (Å²) in [5, 5.41) is 10.8. The minimum atomic E-state index is -0.708. The molecule has 0 aromatic heterocycles. The van der Waals surface area contributed by atoms with Crippen molar-refractivity contribution in [2.45, 2.75) is 37.6 Å². The quantitative estimate of drug-likeness (QED) is 0.607. The van der Waals surface area contributed by atoms with Crippen molar-refractivity contribution < 1.29 is 9.53 Å². The average Bonchev–Trinajstić information content (AvgIpc) is 2.69. The van der Waals surface area contributed by atoms with Gasteiger partial charge < -0.3 is 9.64 Å². The molecule has 0 unspecified atom stereocenters. The van der Waals surface area contributed by atoms with E-state index < -0.39 is 24.3 Å². The number of rotatable bonds is 5. The number of carbonyl (C=O) groups excluding carboxylic acids is 1. The third-order valence-corrected chi connectivity index (χ3v) is 5.29.